The van der Waals surface area contributed by atoms with Crippen LogP contribution in [0.1, 0.15) is 6.92 Å². The fraction of sp³-hybridized carbons (Fsp3) is 0.222. The van der Waals surface area contributed by atoms with E-state index in [9.17, 15) is 9.59 Å². The molecule has 0 spiro atoms. The highest BCUT2D eigenvalue weighted by molar-refractivity contribution is 5.91. The van der Waals surface area contributed by atoms with E-state index in [1.54, 1.807) is 43.5 Å². The molecular weight excluding hydrogens is 322 g/mol. The Morgan fingerprint density at radius 2 is 1.52 bits per heavy atom. The van der Waals surface area contributed by atoms with Crippen LogP contribution in [0.15, 0.2) is 48.5 Å². The van der Waals surface area contributed by atoms with Gasteiger partial charge in [0.1, 0.15) is 6.61 Å². The molecule has 7 heteroatoms. The standard InChI is InChI=1S/C18H21N3O4/c1-13(22)20-14-7-9-15(10-8-14)21-18(23)19-11-12-25-17-6-4-3-5-16(17)24-2/h3-10H,11-12H2,1-2H3,(H,20,22)(H2,19,21,23). The minimum Gasteiger partial charge on any atom is -0.493 e. The van der Waals surface area contributed by atoms with Crippen molar-refractivity contribution in [1.29, 1.82) is 0 Å². The van der Waals surface area contributed by atoms with Crippen molar-refractivity contribution < 1.29 is 19.1 Å². The molecule has 0 aromatic heterocycles. The number of hydrogen-bond donors (Lipinski definition) is 3. The molecule has 132 valence electrons. The van der Waals surface area contributed by atoms with E-state index in [1.165, 1.54) is 6.92 Å². The maximum Gasteiger partial charge on any atom is 0.319 e. The minimum atomic E-state index is -0.337. The molecule has 3 amide bonds. The van der Waals surface area contributed by atoms with Crippen molar-refractivity contribution in [2.24, 2.45) is 0 Å². The van der Waals surface area contributed by atoms with Crippen LogP contribution in [0, 0.1) is 0 Å². The van der Waals surface area contributed by atoms with E-state index >= 15 is 0 Å². The summed E-state index contributed by atoms with van der Waals surface area (Å²) in [5, 5.41) is 8.06. The van der Waals surface area contributed by atoms with Crippen molar-refractivity contribution in [3.63, 3.8) is 0 Å². The first-order valence-corrected chi connectivity index (χ1v) is 7.77. The molecular formula is C18H21N3O4. The van der Waals surface area contributed by atoms with Gasteiger partial charge in [-0.1, -0.05) is 12.1 Å². The number of urea groups is 1. The third kappa shape index (κ3) is 6.06. The lowest BCUT2D eigenvalue weighted by Gasteiger charge is -2.11. The molecule has 0 aliphatic carbocycles. The highest BCUT2D eigenvalue weighted by Gasteiger charge is 2.04. The number of methoxy groups -OCH3 is 1. The zero-order valence-corrected chi connectivity index (χ0v) is 14.2. The molecule has 0 unspecified atom stereocenters. The van der Waals surface area contributed by atoms with Gasteiger partial charge in [-0.05, 0) is 36.4 Å². The van der Waals surface area contributed by atoms with Gasteiger partial charge in [-0.3, -0.25) is 4.79 Å². The van der Waals surface area contributed by atoms with Gasteiger partial charge in [-0.25, -0.2) is 4.79 Å². The number of ether oxygens (including phenoxy) is 2. The summed E-state index contributed by atoms with van der Waals surface area (Å²) in [5.41, 5.74) is 1.29. The van der Waals surface area contributed by atoms with Gasteiger partial charge in [0, 0.05) is 18.3 Å². The minimum absolute atomic E-state index is 0.145. The summed E-state index contributed by atoms with van der Waals surface area (Å²) in [6.07, 6.45) is 0. The lowest BCUT2D eigenvalue weighted by Crippen LogP contribution is -2.32. The van der Waals surface area contributed by atoms with Gasteiger partial charge in [-0.2, -0.15) is 0 Å². The van der Waals surface area contributed by atoms with E-state index in [1.807, 2.05) is 12.1 Å². The van der Waals surface area contributed by atoms with Gasteiger partial charge >= 0.3 is 6.03 Å². The predicted octanol–water partition coefficient (Wildman–Crippen LogP) is 2.85. The van der Waals surface area contributed by atoms with Crippen molar-refractivity contribution in [2.75, 3.05) is 30.9 Å². The average molecular weight is 343 g/mol. The van der Waals surface area contributed by atoms with Gasteiger partial charge < -0.3 is 25.4 Å². The molecule has 0 aliphatic heterocycles. The zero-order chi connectivity index (χ0) is 18.1. The fourth-order valence-electron chi connectivity index (χ4n) is 2.08. The van der Waals surface area contributed by atoms with Crippen LogP contribution in [-0.4, -0.2) is 32.2 Å². The highest BCUT2D eigenvalue weighted by atomic mass is 16.5. The molecule has 2 aromatic carbocycles. The number of hydrogen-bond acceptors (Lipinski definition) is 4. The van der Waals surface area contributed by atoms with E-state index in [0.29, 0.717) is 36.0 Å². The largest absolute Gasteiger partial charge is 0.493 e. The summed E-state index contributed by atoms with van der Waals surface area (Å²) >= 11 is 0. The zero-order valence-electron chi connectivity index (χ0n) is 14.2. The van der Waals surface area contributed by atoms with E-state index in [-0.39, 0.29) is 11.9 Å². The molecule has 0 saturated carbocycles. The van der Waals surface area contributed by atoms with Crippen LogP contribution in [0.4, 0.5) is 16.2 Å². The summed E-state index contributed by atoms with van der Waals surface area (Å²) < 4.78 is 10.8. The number of amides is 3. The predicted molar refractivity (Wildman–Crippen MR) is 96.3 cm³/mol. The van der Waals surface area contributed by atoms with Gasteiger partial charge in [0.2, 0.25) is 5.91 Å². The topological polar surface area (TPSA) is 88.7 Å². The summed E-state index contributed by atoms with van der Waals surface area (Å²) in [5.74, 6) is 1.13. The number of carbonyl (C=O) groups is 2. The second-order valence-corrected chi connectivity index (χ2v) is 5.14. The van der Waals surface area contributed by atoms with E-state index < -0.39 is 0 Å². The Balaban J connectivity index is 1.72. The Morgan fingerprint density at radius 3 is 2.12 bits per heavy atom. The van der Waals surface area contributed by atoms with Crippen LogP contribution in [0.3, 0.4) is 0 Å². The maximum absolute atomic E-state index is 11.8. The quantitative estimate of drug-likeness (QED) is 0.675. The molecule has 0 bridgehead atoms. The monoisotopic (exact) mass is 343 g/mol. The number of anilines is 2. The molecule has 0 heterocycles. The third-order valence-electron chi connectivity index (χ3n) is 3.18. The van der Waals surface area contributed by atoms with Crippen LogP contribution in [0.2, 0.25) is 0 Å². The molecule has 0 fully saturated rings. The van der Waals surface area contributed by atoms with Crippen LogP contribution in [-0.2, 0) is 4.79 Å². The lowest BCUT2D eigenvalue weighted by atomic mass is 10.3. The number of carbonyl (C=O) groups excluding carboxylic acids is 2. The molecule has 7 nitrogen and oxygen atoms in total. The summed E-state index contributed by atoms with van der Waals surface area (Å²) in [7, 11) is 1.57. The van der Waals surface area contributed by atoms with Crippen LogP contribution < -0.4 is 25.4 Å². The van der Waals surface area contributed by atoms with Crippen molar-refractivity contribution in [3.05, 3.63) is 48.5 Å². The third-order valence-corrected chi connectivity index (χ3v) is 3.18. The van der Waals surface area contributed by atoms with Gasteiger partial charge in [0.05, 0.1) is 13.7 Å². The SMILES string of the molecule is COc1ccccc1OCCNC(=O)Nc1ccc(NC(C)=O)cc1. The second kappa shape index (κ2) is 9.17. The van der Waals surface area contributed by atoms with E-state index in [4.69, 9.17) is 9.47 Å². The number of para-hydroxylation sites is 2. The molecule has 0 aliphatic rings. The Hall–Kier alpha value is -3.22. The maximum atomic E-state index is 11.8. The average Bonchev–Trinajstić information content (AvgIpc) is 2.60. The van der Waals surface area contributed by atoms with E-state index in [2.05, 4.69) is 16.0 Å². The lowest BCUT2D eigenvalue weighted by molar-refractivity contribution is -0.114. The molecule has 2 aromatic rings. The number of benzene rings is 2. The van der Waals surface area contributed by atoms with Crippen molar-refractivity contribution in [2.45, 2.75) is 6.92 Å². The first-order chi connectivity index (χ1) is 12.1. The molecule has 0 saturated heterocycles. The van der Waals surface area contributed by atoms with Crippen LogP contribution >= 0.6 is 0 Å². The van der Waals surface area contributed by atoms with Crippen molar-refractivity contribution in [1.82, 2.24) is 5.32 Å². The van der Waals surface area contributed by atoms with Crippen molar-refractivity contribution in [3.8, 4) is 11.5 Å². The Morgan fingerprint density at radius 1 is 0.920 bits per heavy atom. The summed E-state index contributed by atoms with van der Waals surface area (Å²) in [6, 6.07) is 13.8. The summed E-state index contributed by atoms with van der Waals surface area (Å²) in [4.78, 5) is 22.8. The Bertz CT molecular complexity index is 717. The van der Waals surface area contributed by atoms with Gasteiger partial charge in [-0.15, -0.1) is 0 Å². The normalized spacial score (nSPS) is 9.84. The van der Waals surface area contributed by atoms with Crippen LogP contribution in [0.5, 0.6) is 11.5 Å². The Kier molecular flexibility index (Phi) is 6.65. The summed E-state index contributed by atoms with van der Waals surface area (Å²) in [6.45, 7) is 2.09. The Labute approximate surface area is 146 Å². The van der Waals surface area contributed by atoms with Gasteiger partial charge in [0.15, 0.2) is 11.5 Å². The first kappa shape index (κ1) is 18.1. The molecule has 25 heavy (non-hydrogen) atoms. The fourth-order valence-corrected chi connectivity index (χ4v) is 2.08. The van der Waals surface area contributed by atoms with Crippen LogP contribution in [0.25, 0.3) is 0 Å². The second-order valence-electron chi connectivity index (χ2n) is 5.14. The van der Waals surface area contributed by atoms with Gasteiger partial charge in [0.25, 0.3) is 0 Å². The highest BCUT2D eigenvalue weighted by Crippen LogP contribution is 2.25. The number of rotatable bonds is 7. The molecule has 3 N–H and O–H groups in total. The number of nitrogens with one attached hydrogen (secondary N) is 3. The smallest absolute Gasteiger partial charge is 0.319 e. The van der Waals surface area contributed by atoms with E-state index in [0.717, 1.165) is 0 Å². The van der Waals surface area contributed by atoms with Crippen molar-refractivity contribution >= 4 is 23.3 Å². The molecule has 2 rings (SSSR count). The first-order valence-electron chi connectivity index (χ1n) is 7.77. The molecule has 0 atom stereocenters. The molecule has 0 radical (unpaired) electrons.